The van der Waals surface area contributed by atoms with Crippen LogP contribution >= 0.6 is 11.6 Å². The summed E-state index contributed by atoms with van der Waals surface area (Å²) in [5.41, 5.74) is 0.106. The van der Waals surface area contributed by atoms with Gasteiger partial charge >= 0.3 is 11.9 Å². The lowest BCUT2D eigenvalue weighted by molar-refractivity contribution is -0.227. The lowest BCUT2D eigenvalue weighted by atomic mass is 9.31. The number of carbonyl (C=O) groups is 2. The molecule has 7 atom stereocenters. The number of carbonyl (C=O) groups excluding carboxylic acids is 2. The first-order valence-electron chi connectivity index (χ1n) is 11.4. The zero-order valence-corrected chi connectivity index (χ0v) is 20.2. The number of likely N-dealkylation sites (tertiary alicyclic amines) is 1. The Morgan fingerprint density at radius 2 is 1.91 bits per heavy atom. The zero-order chi connectivity index (χ0) is 23.5. The highest BCUT2D eigenvalue weighted by Crippen LogP contribution is 2.79. The van der Waals surface area contributed by atoms with Gasteiger partial charge in [-0.15, -0.1) is 0 Å². The van der Waals surface area contributed by atoms with Crippen LogP contribution in [0.3, 0.4) is 0 Å². The van der Waals surface area contributed by atoms with Gasteiger partial charge in [-0.3, -0.25) is 9.59 Å². The molecule has 8 heteroatoms. The molecule has 33 heavy (non-hydrogen) atoms. The van der Waals surface area contributed by atoms with Crippen molar-refractivity contribution < 1.29 is 28.5 Å². The molecule has 1 saturated carbocycles. The SMILES string of the molecule is COC(=O)[C@H]1[C@@H](C(=O)OC)[C@@]23C=C(Cl)[C@H]1[C@]1(C)Oc4c(OC)ccc5c4[C@]21CCN(C)[C@@H]3C5. The van der Waals surface area contributed by atoms with Crippen molar-refractivity contribution in [3.05, 3.63) is 34.4 Å². The normalized spacial score (nSPS) is 41.6. The van der Waals surface area contributed by atoms with Gasteiger partial charge in [-0.1, -0.05) is 23.7 Å². The van der Waals surface area contributed by atoms with Crippen LogP contribution in [0.25, 0.3) is 0 Å². The van der Waals surface area contributed by atoms with Gasteiger partial charge in [-0.2, -0.15) is 0 Å². The van der Waals surface area contributed by atoms with E-state index in [2.05, 4.69) is 31.0 Å². The predicted octanol–water partition coefficient (Wildman–Crippen LogP) is 2.68. The van der Waals surface area contributed by atoms with E-state index in [1.807, 2.05) is 6.07 Å². The number of likely N-dealkylation sites (N-methyl/N-ethyl adjacent to an activating group) is 1. The predicted molar refractivity (Wildman–Crippen MR) is 119 cm³/mol. The molecule has 6 aliphatic rings. The third-order valence-electron chi connectivity index (χ3n) is 9.52. The smallest absolute Gasteiger partial charge is 0.310 e. The van der Waals surface area contributed by atoms with Gasteiger partial charge in [0.25, 0.3) is 0 Å². The number of benzene rings is 1. The zero-order valence-electron chi connectivity index (χ0n) is 19.4. The summed E-state index contributed by atoms with van der Waals surface area (Å²) >= 11 is 7.01. The number of halogens is 1. The highest BCUT2D eigenvalue weighted by molar-refractivity contribution is 6.30. The van der Waals surface area contributed by atoms with Crippen LogP contribution in [0.4, 0.5) is 0 Å². The standard InChI is InChI=1S/C25H28ClNO6/c1-23-18-13(26)11-24(19(22(29)32-5)16(18)21(28)31-4)15-10-12-6-7-14(30-3)20(33-23)17(12)25(23,24)8-9-27(15)2/h6-7,11,15-16,18-19H,8-10H2,1-5H3/t15-,16-,18-,19+,23+,24+,25+/m1/s1. The van der Waals surface area contributed by atoms with E-state index in [0.717, 1.165) is 18.5 Å². The van der Waals surface area contributed by atoms with E-state index in [1.165, 1.54) is 19.8 Å². The van der Waals surface area contributed by atoms with Crippen molar-refractivity contribution in [1.29, 1.82) is 0 Å². The Kier molecular flexibility index (Phi) is 4.16. The van der Waals surface area contributed by atoms with Gasteiger partial charge in [0.05, 0.1) is 38.6 Å². The van der Waals surface area contributed by atoms with Crippen LogP contribution in [0, 0.1) is 23.2 Å². The van der Waals surface area contributed by atoms with Crippen LogP contribution in [0.2, 0.25) is 0 Å². The molecule has 7 nitrogen and oxygen atoms in total. The highest BCUT2D eigenvalue weighted by Gasteiger charge is 2.85. The van der Waals surface area contributed by atoms with Crippen molar-refractivity contribution in [2.45, 2.75) is 36.8 Å². The van der Waals surface area contributed by atoms with E-state index >= 15 is 0 Å². The molecule has 4 aliphatic carbocycles. The second-order valence-corrected chi connectivity index (χ2v) is 10.6. The molecule has 0 radical (unpaired) electrons. The van der Waals surface area contributed by atoms with E-state index in [-0.39, 0.29) is 6.04 Å². The maximum absolute atomic E-state index is 13.6. The number of piperidine rings is 1. The van der Waals surface area contributed by atoms with Gasteiger partial charge < -0.3 is 23.8 Å². The molecule has 2 fully saturated rings. The minimum atomic E-state index is -0.853. The Bertz CT molecular complexity index is 1130. The van der Waals surface area contributed by atoms with Crippen molar-refractivity contribution in [1.82, 2.24) is 4.90 Å². The molecule has 4 bridgehead atoms. The maximum Gasteiger partial charge on any atom is 0.310 e. The minimum absolute atomic E-state index is 0.0627. The summed E-state index contributed by atoms with van der Waals surface area (Å²) in [7, 11) is 6.45. The average molecular weight is 474 g/mol. The van der Waals surface area contributed by atoms with Crippen LogP contribution in [-0.4, -0.2) is 63.4 Å². The van der Waals surface area contributed by atoms with Gasteiger partial charge in [-0.05, 0) is 45.0 Å². The van der Waals surface area contributed by atoms with E-state index in [4.69, 9.17) is 30.5 Å². The van der Waals surface area contributed by atoms with Gasteiger partial charge in [0.15, 0.2) is 11.5 Å². The average Bonchev–Trinajstić information content (AvgIpc) is 3.08. The molecular formula is C25H28ClNO6. The Balaban J connectivity index is 1.77. The second kappa shape index (κ2) is 6.45. The van der Waals surface area contributed by atoms with Crippen LogP contribution in [-0.2, 0) is 30.9 Å². The molecule has 176 valence electrons. The van der Waals surface area contributed by atoms with Gasteiger partial charge in [0.2, 0.25) is 0 Å². The number of rotatable bonds is 3. The molecular weight excluding hydrogens is 446 g/mol. The van der Waals surface area contributed by atoms with E-state index in [0.29, 0.717) is 23.0 Å². The molecule has 0 aromatic heterocycles. The number of nitrogens with zero attached hydrogens (tertiary/aromatic N) is 1. The molecule has 1 aromatic carbocycles. The number of hydrogen-bond acceptors (Lipinski definition) is 7. The second-order valence-electron chi connectivity index (χ2n) is 10.2. The molecule has 0 N–H and O–H groups in total. The van der Waals surface area contributed by atoms with Gasteiger partial charge in [0, 0.05) is 28.0 Å². The van der Waals surface area contributed by atoms with Crippen molar-refractivity contribution >= 4 is 23.5 Å². The molecule has 0 unspecified atom stereocenters. The number of fused-ring (bicyclic) bond motifs is 1. The van der Waals surface area contributed by atoms with Gasteiger partial charge in [0.1, 0.15) is 5.60 Å². The first kappa shape index (κ1) is 21.3. The fourth-order valence-electron chi connectivity index (χ4n) is 8.54. The Morgan fingerprint density at radius 1 is 1.18 bits per heavy atom. The van der Waals surface area contributed by atoms with Crippen LogP contribution < -0.4 is 9.47 Å². The Morgan fingerprint density at radius 3 is 2.58 bits per heavy atom. The molecule has 7 rings (SSSR count). The molecule has 2 heterocycles. The number of esters is 2. The first-order chi connectivity index (χ1) is 15.7. The van der Waals surface area contributed by atoms with Crippen molar-refractivity contribution in [2.24, 2.45) is 23.2 Å². The van der Waals surface area contributed by atoms with Crippen molar-refractivity contribution in [3.63, 3.8) is 0 Å². The summed E-state index contributed by atoms with van der Waals surface area (Å²) in [5, 5.41) is 0.555. The highest BCUT2D eigenvalue weighted by atomic mass is 35.5. The summed E-state index contributed by atoms with van der Waals surface area (Å²) < 4.78 is 23.2. The quantitative estimate of drug-likeness (QED) is 0.625. The monoisotopic (exact) mass is 473 g/mol. The minimum Gasteiger partial charge on any atom is -0.493 e. The lowest BCUT2D eigenvalue weighted by Gasteiger charge is -2.73. The summed E-state index contributed by atoms with van der Waals surface area (Å²) in [6.07, 6.45) is 3.54. The first-order valence-corrected chi connectivity index (χ1v) is 11.7. The Hall–Kier alpha value is -2.25. The van der Waals surface area contributed by atoms with Gasteiger partial charge in [-0.25, -0.2) is 0 Å². The molecule has 2 aliphatic heterocycles. The number of hydrogen-bond donors (Lipinski definition) is 0. The largest absolute Gasteiger partial charge is 0.493 e. The van der Waals surface area contributed by atoms with E-state index < -0.39 is 46.1 Å². The molecule has 2 spiro atoms. The van der Waals surface area contributed by atoms with Crippen LogP contribution in [0.15, 0.2) is 23.2 Å². The lowest BCUT2D eigenvalue weighted by Crippen LogP contribution is -2.82. The van der Waals surface area contributed by atoms with E-state index in [9.17, 15) is 9.59 Å². The van der Waals surface area contributed by atoms with E-state index in [1.54, 1.807) is 7.11 Å². The van der Waals surface area contributed by atoms with Crippen molar-refractivity contribution in [3.8, 4) is 11.5 Å². The fraction of sp³-hybridized carbons (Fsp3) is 0.600. The van der Waals surface area contributed by atoms with Crippen LogP contribution in [0.1, 0.15) is 24.5 Å². The Labute approximate surface area is 197 Å². The number of ether oxygens (including phenoxy) is 4. The number of methoxy groups -OCH3 is 3. The fourth-order valence-corrected chi connectivity index (χ4v) is 9.07. The molecule has 1 aromatic rings. The summed E-state index contributed by atoms with van der Waals surface area (Å²) in [6, 6.07) is 4.00. The maximum atomic E-state index is 13.6. The third-order valence-corrected chi connectivity index (χ3v) is 9.86. The summed E-state index contributed by atoms with van der Waals surface area (Å²) in [6.45, 7) is 2.90. The molecule has 0 amide bonds. The topological polar surface area (TPSA) is 74.3 Å². The van der Waals surface area contributed by atoms with Crippen LogP contribution in [0.5, 0.6) is 11.5 Å². The molecule has 1 saturated heterocycles. The summed E-state index contributed by atoms with van der Waals surface area (Å²) in [4.78, 5) is 29.2. The third kappa shape index (κ3) is 2.01. The summed E-state index contributed by atoms with van der Waals surface area (Å²) in [5.74, 6) is -1.60. The van der Waals surface area contributed by atoms with Crippen molar-refractivity contribution in [2.75, 3.05) is 34.9 Å².